The first-order chi connectivity index (χ1) is 12.0. The zero-order chi connectivity index (χ0) is 17.8. The highest BCUT2D eigenvalue weighted by atomic mass is 79.9. The molecule has 0 unspecified atom stereocenters. The van der Waals surface area contributed by atoms with E-state index in [0.717, 1.165) is 28.8 Å². The summed E-state index contributed by atoms with van der Waals surface area (Å²) in [6.07, 6.45) is 6.24. The minimum atomic E-state index is -0.172. The van der Waals surface area contributed by atoms with Gasteiger partial charge in [0.2, 0.25) is 0 Å². The van der Waals surface area contributed by atoms with Crippen molar-refractivity contribution in [3.63, 3.8) is 0 Å². The number of carbonyl (C=O) groups is 1. The molecular weight excluding hydrogens is 386 g/mol. The summed E-state index contributed by atoms with van der Waals surface area (Å²) in [5, 5.41) is 15.8. The lowest BCUT2D eigenvalue weighted by molar-refractivity contribution is 0.0946. The minimum Gasteiger partial charge on any atom is -0.351 e. The Labute approximate surface area is 154 Å². The number of carbonyl (C=O) groups excluding carboxylic acids is 1. The molecule has 1 amide bonds. The summed E-state index contributed by atoms with van der Waals surface area (Å²) in [4.78, 5) is 12.2. The van der Waals surface area contributed by atoms with Crippen molar-refractivity contribution in [2.24, 2.45) is 0 Å². The lowest BCUT2D eigenvalue weighted by Gasteiger charge is -2.05. The van der Waals surface area contributed by atoms with E-state index in [0.29, 0.717) is 18.9 Å². The van der Waals surface area contributed by atoms with Gasteiger partial charge in [-0.25, -0.2) is 4.68 Å². The fourth-order valence-electron chi connectivity index (χ4n) is 2.48. The standard InChI is InChI=1S/C16H20BrN7O/c1-12-15(17)13(2)24(20-12)11-23-10-5-14(21-23)16(25)18-6-3-8-22-9-4-7-19-22/h4-5,7,9-10H,3,6,8,11H2,1-2H3,(H,18,25). The molecule has 0 saturated carbocycles. The Morgan fingerprint density at radius 2 is 2.08 bits per heavy atom. The van der Waals surface area contributed by atoms with E-state index in [1.165, 1.54) is 0 Å². The number of amides is 1. The van der Waals surface area contributed by atoms with Crippen LogP contribution < -0.4 is 5.32 Å². The molecule has 0 aliphatic rings. The molecule has 0 aromatic carbocycles. The normalized spacial score (nSPS) is 11.0. The third-order valence-corrected chi connectivity index (χ3v) is 5.00. The quantitative estimate of drug-likeness (QED) is 0.609. The lowest BCUT2D eigenvalue weighted by Crippen LogP contribution is -2.26. The molecule has 0 atom stereocenters. The average Bonchev–Trinajstić information content (AvgIpc) is 3.32. The van der Waals surface area contributed by atoms with Gasteiger partial charge in [0.05, 0.1) is 15.9 Å². The Hall–Kier alpha value is -2.42. The molecule has 3 rings (SSSR count). The van der Waals surface area contributed by atoms with Crippen molar-refractivity contribution in [2.45, 2.75) is 33.5 Å². The summed E-state index contributed by atoms with van der Waals surface area (Å²) < 4.78 is 6.38. The maximum atomic E-state index is 12.2. The smallest absolute Gasteiger partial charge is 0.271 e. The van der Waals surface area contributed by atoms with E-state index < -0.39 is 0 Å². The molecule has 0 aliphatic carbocycles. The van der Waals surface area contributed by atoms with Crippen LogP contribution in [0.4, 0.5) is 0 Å². The monoisotopic (exact) mass is 405 g/mol. The maximum absolute atomic E-state index is 12.2. The van der Waals surface area contributed by atoms with Gasteiger partial charge in [0.1, 0.15) is 12.4 Å². The van der Waals surface area contributed by atoms with Crippen LogP contribution in [0.2, 0.25) is 0 Å². The van der Waals surface area contributed by atoms with Crippen LogP contribution in [0, 0.1) is 13.8 Å². The summed E-state index contributed by atoms with van der Waals surface area (Å²) in [5.74, 6) is -0.172. The second-order valence-corrected chi connectivity index (χ2v) is 6.54. The maximum Gasteiger partial charge on any atom is 0.271 e. The molecule has 9 heteroatoms. The van der Waals surface area contributed by atoms with E-state index in [1.54, 1.807) is 23.1 Å². The van der Waals surface area contributed by atoms with Gasteiger partial charge in [-0.15, -0.1) is 0 Å². The Kier molecular flexibility index (Phi) is 5.32. The molecule has 3 aromatic heterocycles. The molecule has 0 aliphatic heterocycles. The van der Waals surface area contributed by atoms with E-state index in [2.05, 4.69) is 36.5 Å². The Bertz CT molecular complexity index is 850. The molecule has 25 heavy (non-hydrogen) atoms. The average molecular weight is 406 g/mol. The molecule has 0 fully saturated rings. The van der Waals surface area contributed by atoms with Gasteiger partial charge in [0, 0.05) is 31.7 Å². The number of halogens is 1. The van der Waals surface area contributed by atoms with Crippen LogP contribution >= 0.6 is 15.9 Å². The van der Waals surface area contributed by atoms with Crippen LogP contribution in [0.25, 0.3) is 0 Å². The van der Waals surface area contributed by atoms with Crippen LogP contribution in [-0.4, -0.2) is 41.8 Å². The second-order valence-electron chi connectivity index (χ2n) is 5.74. The van der Waals surface area contributed by atoms with Crippen LogP contribution in [-0.2, 0) is 13.2 Å². The molecule has 0 radical (unpaired) electrons. The van der Waals surface area contributed by atoms with Crippen LogP contribution in [0.1, 0.15) is 28.3 Å². The van der Waals surface area contributed by atoms with Gasteiger partial charge in [-0.3, -0.25) is 14.2 Å². The van der Waals surface area contributed by atoms with Crippen molar-refractivity contribution in [1.29, 1.82) is 0 Å². The van der Waals surface area contributed by atoms with Crippen LogP contribution in [0.3, 0.4) is 0 Å². The van der Waals surface area contributed by atoms with E-state index in [9.17, 15) is 4.79 Å². The number of aromatic nitrogens is 6. The first kappa shape index (κ1) is 17.4. The summed E-state index contributed by atoms with van der Waals surface area (Å²) in [5.41, 5.74) is 2.36. The molecule has 132 valence electrons. The highest BCUT2D eigenvalue weighted by molar-refractivity contribution is 9.10. The first-order valence-corrected chi connectivity index (χ1v) is 8.82. The van der Waals surface area contributed by atoms with Crippen molar-refractivity contribution in [3.05, 3.63) is 52.3 Å². The summed E-state index contributed by atoms with van der Waals surface area (Å²) in [7, 11) is 0. The van der Waals surface area contributed by atoms with Crippen LogP contribution in [0.5, 0.6) is 0 Å². The number of hydrogen-bond acceptors (Lipinski definition) is 4. The fraction of sp³-hybridized carbons (Fsp3) is 0.375. The predicted molar refractivity (Wildman–Crippen MR) is 96.2 cm³/mol. The van der Waals surface area contributed by atoms with Gasteiger partial charge in [-0.2, -0.15) is 15.3 Å². The highest BCUT2D eigenvalue weighted by Crippen LogP contribution is 2.19. The number of nitrogens with one attached hydrogen (secondary N) is 1. The third kappa shape index (κ3) is 4.16. The van der Waals surface area contributed by atoms with Crippen LogP contribution in [0.15, 0.2) is 35.2 Å². The number of hydrogen-bond donors (Lipinski definition) is 1. The van der Waals surface area contributed by atoms with Gasteiger partial charge < -0.3 is 5.32 Å². The van der Waals surface area contributed by atoms with Gasteiger partial charge in [0.25, 0.3) is 5.91 Å². The number of nitrogens with zero attached hydrogens (tertiary/aromatic N) is 6. The summed E-state index contributed by atoms with van der Waals surface area (Å²) >= 11 is 3.51. The van der Waals surface area contributed by atoms with Gasteiger partial charge in [-0.1, -0.05) is 0 Å². The summed E-state index contributed by atoms with van der Waals surface area (Å²) in [6, 6.07) is 3.59. The Morgan fingerprint density at radius 1 is 1.24 bits per heavy atom. The highest BCUT2D eigenvalue weighted by Gasteiger charge is 2.12. The van der Waals surface area contributed by atoms with Gasteiger partial charge in [0.15, 0.2) is 0 Å². The molecular formula is C16H20BrN7O. The Balaban J connectivity index is 1.51. The zero-order valence-corrected chi connectivity index (χ0v) is 15.8. The minimum absolute atomic E-state index is 0.172. The third-order valence-electron chi connectivity index (χ3n) is 3.85. The molecule has 0 saturated heterocycles. The topological polar surface area (TPSA) is 82.6 Å². The molecule has 8 nitrogen and oxygen atoms in total. The zero-order valence-electron chi connectivity index (χ0n) is 14.2. The SMILES string of the molecule is Cc1nn(Cn2ccc(C(=O)NCCCn3cccn3)n2)c(C)c1Br. The Morgan fingerprint density at radius 3 is 2.76 bits per heavy atom. The summed E-state index contributed by atoms with van der Waals surface area (Å²) in [6.45, 7) is 5.74. The van der Waals surface area contributed by atoms with Crippen molar-refractivity contribution >= 4 is 21.8 Å². The van der Waals surface area contributed by atoms with Crippen molar-refractivity contribution in [3.8, 4) is 0 Å². The number of aryl methyl sites for hydroxylation is 2. The van der Waals surface area contributed by atoms with E-state index in [4.69, 9.17) is 0 Å². The van der Waals surface area contributed by atoms with Gasteiger partial charge >= 0.3 is 0 Å². The van der Waals surface area contributed by atoms with E-state index in [-0.39, 0.29) is 5.91 Å². The largest absolute Gasteiger partial charge is 0.351 e. The van der Waals surface area contributed by atoms with Crippen molar-refractivity contribution < 1.29 is 4.79 Å². The van der Waals surface area contributed by atoms with Crippen molar-refractivity contribution in [1.82, 2.24) is 34.7 Å². The molecule has 3 aromatic rings. The molecule has 0 bridgehead atoms. The predicted octanol–water partition coefficient (Wildman–Crippen LogP) is 1.98. The van der Waals surface area contributed by atoms with E-state index >= 15 is 0 Å². The van der Waals surface area contributed by atoms with Gasteiger partial charge in [-0.05, 0) is 48.3 Å². The van der Waals surface area contributed by atoms with E-state index in [1.807, 2.05) is 35.5 Å². The molecule has 0 spiro atoms. The number of rotatable bonds is 7. The first-order valence-electron chi connectivity index (χ1n) is 8.03. The fourth-order valence-corrected chi connectivity index (χ4v) is 2.76. The lowest BCUT2D eigenvalue weighted by atomic mass is 10.3. The van der Waals surface area contributed by atoms with Crippen molar-refractivity contribution in [2.75, 3.05) is 6.54 Å². The molecule has 1 N–H and O–H groups in total. The second kappa shape index (κ2) is 7.64. The molecule has 3 heterocycles.